The largest absolute Gasteiger partial charge is 0.824 e. The van der Waals surface area contributed by atoms with E-state index in [0.29, 0.717) is 0 Å². The summed E-state index contributed by atoms with van der Waals surface area (Å²) in [4.78, 5) is 35.4. The molecule has 11 heteroatoms. The third-order valence-corrected chi connectivity index (χ3v) is 4.64. The Bertz CT molecular complexity index is 1260. The van der Waals surface area contributed by atoms with Crippen molar-refractivity contribution in [2.75, 3.05) is 4.90 Å². The van der Waals surface area contributed by atoms with E-state index in [9.17, 15) is 30.1 Å². The molecule has 2 amide bonds. The van der Waals surface area contributed by atoms with E-state index in [0.717, 1.165) is 9.58 Å². The second-order valence-electron chi connectivity index (χ2n) is 6.61. The van der Waals surface area contributed by atoms with Crippen LogP contribution in [0, 0.1) is 20.2 Å². The van der Waals surface area contributed by atoms with Gasteiger partial charge in [-0.25, -0.2) is 0 Å². The number of amidine groups is 1. The fraction of sp³-hybridized carbons (Fsp3) is 0. The number of benzene rings is 3. The van der Waals surface area contributed by atoms with Crippen molar-refractivity contribution in [1.29, 1.82) is 0 Å². The molecular formula is C21H13N5O6. The van der Waals surface area contributed by atoms with Gasteiger partial charge in [0.05, 0.1) is 9.85 Å². The van der Waals surface area contributed by atoms with Crippen LogP contribution < -0.4 is 10.0 Å². The van der Waals surface area contributed by atoms with E-state index in [1.807, 2.05) is 0 Å². The van der Waals surface area contributed by atoms with Crippen LogP contribution in [0.25, 0.3) is 0 Å². The Labute approximate surface area is 180 Å². The van der Waals surface area contributed by atoms with E-state index in [1.165, 1.54) is 48.5 Å². The molecule has 0 unspecified atom stereocenters. The van der Waals surface area contributed by atoms with Gasteiger partial charge in [0.25, 0.3) is 11.4 Å². The van der Waals surface area contributed by atoms with Gasteiger partial charge in [-0.15, -0.1) is 4.90 Å². The first kappa shape index (κ1) is 20.3. The van der Waals surface area contributed by atoms with Gasteiger partial charge < -0.3 is 5.11 Å². The first-order chi connectivity index (χ1) is 15.4. The molecule has 11 nitrogen and oxygen atoms in total. The molecular weight excluding hydrogens is 418 g/mol. The Morgan fingerprint density at radius 1 is 0.812 bits per heavy atom. The summed E-state index contributed by atoms with van der Waals surface area (Å²) in [7, 11) is 0. The molecule has 4 rings (SSSR count). The summed E-state index contributed by atoms with van der Waals surface area (Å²) >= 11 is 0. The lowest BCUT2D eigenvalue weighted by Crippen LogP contribution is -2.40. The number of nitro groups is 2. The number of hydrogen-bond acceptors (Lipinski definition) is 7. The minimum Gasteiger partial charge on any atom is -0.824 e. The topological polar surface area (TPSA) is 145 Å². The number of urea groups is 1. The fourth-order valence-electron chi connectivity index (χ4n) is 3.24. The number of amides is 2. The van der Waals surface area contributed by atoms with Crippen LogP contribution in [0.5, 0.6) is 0 Å². The molecule has 0 saturated heterocycles. The van der Waals surface area contributed by atoms with Crippen LogP contribution in [0.4, 0.5) is 21.9 Å². The van der Waals surface area contributed by atoms with Gasteiger partial charge in [0.15, 0.2) is 5.71 Å². The van der Waals surface area contributed by atoms with E-state index in [-0.39, 0.29) is 33.9 Å². The minimum absolute atomic E-state index is 0.00539. The van der Waals surface area contributed by atoms with Crippen molar-refractivity contribution in [2.24, 2.45) is 5.10 Å². The van der Waals surface area contributed by atoms with Gasteiger partial charge in [-0.2, -0.15) is 4.79 Å². The highest BCUT2D eigenvalue weighted by Crippen LogP contribution is 2.24. The van der Waals surface area contributed by atoms with Gasteiger partial charge in [0.1, 0.15) is 5.69 Å². The molecule has 1 aliphatic rings. The molecule has 0 fully saturated rings. The van der Waals surface area contributed by atoms with Crippen molar-refractivity contribution in [3.63, 3.8) is 0 Å². The predicted octanol–water partition coefficient (Wildman–Crippen LogP) is 2.62. The van der Waals surface area contributed by atoms with E-state index >= 15 is 0 Å². The summed E-state index contributed by atoms with van der Waals surface area (Å²) in [6.45, 7) is 0. The molecule has 0 aromatic heterocycles. The summed E-state index contributed by atoms with van der Waals surface area (Å²) in [6.07, 6.45) is 0. The van der Waals surface area contributed by atoms with Crippen LogP contribution in [0.2, 0.25) is 0 Å². The summed E-state index contributed by atoms with van der Waals surface area (Å²) in [5, 5.41) is 38.9. The number of para-hydroxylation sites is 1. The molecule has 32 heavy (non-hydrogen) atoms. The van der Waals surface area contributed by atoms with Gasteiger partial charge in [-0.3, -0.25) is 20.2 Å². The Hall–Kier alpha value is -4.93. The zero-order valence-corrected chi connectivity index (χ0v) is 16.2. The van der Waals surface area contributed by atoms with Gasteiger partial charge in [-0.1, -0.05) is 47.1 Å². The smallest absolute Gasteiger partial charge is 0.530 e. The molecule has 158 valence electrons. The Morgan fingerprint density at radius 2 is 1.34 bits per heavy atom. The number of nitrogens with zero attached hydrogens (tertiary/aromatic N) is 5. The van der Waals surface area contributed by atoms with Gasteiger partial charge in [0.2, 0.25) is 6.02 Å². The van der Waals surface area contributed by atoms with E-state index in [1.54, 1.807) is 30.3 Å². The van der Waals surface area contributed by atoms with Crippen LogP contribution in [0.1, 0.15) is 11.1 Å². The lowest BCUT2D eigenvalue weighted by Gasteiger charge is -2.11. The molecule has 0 aliphatic carbocycles. The Kier molecular flexibility index (Phi) is 5.13. The van der Waals surface area contributed by atoms with Crippen molar-refractivity contribution < 1.29 is 24.4 Å². The maximum Gasteiger partial charge on any atom is 0.530 e. The summed E-state index contributed by atoms with van der Waals surface area (Å²) in [5.41, 5.74) is 0.117. The lowest BCUT2D eigenvalue weighted by molar-refractivity contribution is -0.427. The number of rotatable bonds is 5. The highest BCUT2D eigenvalue weighted by molar-refractivity contribution is 6.17. The second-order valence-corrected chi connectivity index (χ2v) is 6.61. The zero-order chi connectivity index (χ0) is 22.8. The van der Waals surface area contributed by atoms with Gasteiger partial charge >= 0.3 is 6.03 Å². The number of carbonyl (C=O) groups excluding carboxylic acids is 1. The molecule has 3 aromatic carbocycles. The van der Waals surface area contributed by atoms with Crippen LogP contribution >= 0.6 is 0 Å². The molecule has 0 saturated carbocycles. The van der Waals surface area contributed by atoms with Gasteiger partial charge in [0, 0.05) is 35.4 Å². The maximum atomic E-state index is 13.2. The number of hydrogen-bond donors (Lipinski definition) is 0. The van der Waals surface area contributed by atoms with E-state index in [2.05, 4.69) is 5.10 Å². The molecule has 1 aliphatic heterocycles. The normalized spacial score (nSPS) is 13.1. The second kappa shape index (κ2) is 8.07. The summed E-state index contributed by atoms with van der Waals surface area (Å²) in [6, 6.07) is 17.1. The molecule has 0 bridgehead atoms. The molecule has 1 heterocycles. The molecule has 3 aromatic rings. The van der Waals surface area contributed by atoms with Crippen molar-refractivity contribution in [2.45, 2.75) is 0 Å². The number of carbonyl (C=O) groups is 1. The number of hydrazone groups is 1. The Morgan fingerprint density at radius 3 is 1.84 bits per heavy atom. The molecule has 0 spiro atoms. The highest BCUT2D eigenvalue weighted by Gasteiger charge is 2.40. The van der Waals surface area contributed by atoms with Crippen LogP contribution in [0.15, 0.2) is 84.0 Å². The molecule has 0 radical (unpaired) electrons. The number of non-ortho nitro benzene ring substituents is 2. The third kappa shape index (κ3) is 3.65. The van der Waals surface area contributed by atoms with E-state index in [4.69, 9.17) is 0 Å². The highest BCUT2D eigenvalue weighted by atomic mass is 16.6. The van der Waals surface area contributed by atoms with Crippen LogP contribution in [0.3, 0.4) is 0 Å². The predicted molar refractivity (Wildman–Crippen MR) is 111 cm³/mol. The number of anilines is 1. The van der Waals surface area contributed by atoms with Crippen LogP contribution in [-0.4, -0.2) is 32.3 Å². The van der Waals surface area contributed by atoms with Gasteiger partial charge in [-0.05, 0) is 17.2 Å². The molecule has 0 N–H and O–H groups in total. The van der Waals surface area contributed by atoms with Crippen molar-refractivity contribution >= 4 is 34.8 Å². The lowest BCUT2D eigenvalue weighted by atomic mass is 10.0. The summed E-state index contributed by atoms with van der Waals surface area (Å²) in [5.74, 6) is 0. The summed E-state index contributed by atoms with van der Waals surface area (Å²) < 4.78 is 0.799. The monoisotopic (exact) mass is 431 g/mol. The van der Waals surface area contributed by atoms with Crippen molar-refractivity contribution in [1.82, 2.24) is 0 Å². The first-order valence-electron chi connectivity index (χ1n) is 9.18. The molecule has 0 atom stereocenters. The maximum absolute atomic E-state index is 13.2. The third-order valence-electron chi connectivity index (χ3n) is 4.64. The average Bonchev–Trinajstić information content (AvgIpc) is 3.08. The van der Waals surface area contributed by atoms with Crippen molar-refractivity contribution in [3.05, 3.63) is 110 Å². The van der Waals surface area contributed by atoms with Crippen LogP contribution in [-0.2, 0) is 0 Å². The fourth-order valence-corrected chi connectivity index (χ4v) is 3.24. The minimum atomic E-state index is -0.866. The van der Waals surface area contributed by atoms with Crippen molar-refractivity contribution in [3.8, 4) is 0 Å². The number of nitro benzene ring substituents is 2. The first-order valence-corrected chi connectivity index (χ1v) is 9.18. The SMILES string of the molecule is O=C1N(c2ccccc2)C([O-])=N[N+]1=C(c1cccc([N+](=O)[O-])c1)c1cccc([N+](=O)[O-])c1. The van der Waals surface area contributed by atoms with E-state index < -0.39 is 21.9 Å². The standard InChI is InChI=1S/C21H13N5O6/c27-20-22-24(21(28)23(20)16-8-2-1-3-9-16)19(14-6-4-10-17(12-14)25(29)30)15-7-5-11-18(13-15)26(31)32/h1-13H. The zero-order valence-electron chi connectivity index (χ0n) is 16.2. The quantitative estimate of drug-likeness (QED) is 0.345. The Balaban J connectivity index is 1.96. The average molecular weight is 431 g/mol.